The fraction of sp³-hybridized carbons (Fsp3) is 0.650. The maximum absolute atomic E-state index is 12.3. The number of carbonyl (C=O) groups is 1. The van der Waals surface area contributed by atoms with Crippen LogP contribution in [0.1, 0.15) is 31.7 Å². The molecule has 25 heavy (non-hydrogen) atoms. The predicted molar refractivity (Wildman–Crippen MR) is 99.2 cm³/mol. The van der Waals surface area contributed by atoms with Crippen molar-refractivity contribution in [2.24, 2.45) is 11.8 Å². The number of nitrogens with one attached hydrogen (secondary N) is 1. The summed E-state index contributed by atoms with van der Waals surface area (Å²) < 4.78 is 0. The van der Waals surface area contributed by atoms with Gasteiger partial charge in [0.05, 0.1) is 6.10 Å². The third-order valence-corrected chi connectivity index (χ3v) is 5.59. The number of aliphatic hydroxyl groups is 1. The van der Waals surface area contributed by atoms with Crippen LogP contribution in [0, 0.1) is 11.8 Å². The van der Waals surface area contributed by atoms with Gasteiger partial charge in [-0.2, -0.15) is 0 Å². The zero-order valence-corrected chi connectivity index (χ0v) is 15.2. The van der Waals surface area contributed by atoms with Gasteiger partial charge in [-0.05, 0) is 44.2 Å². The van der Waals surface area contributed by atoms with Crippen LogP contribution < -0.4 is 5.32 Å². The van der Waals surface area contributed by atoms with Crippen molar-refractivity contribution in [3.8, 4) is 0 Å². The molecular formula is C20H31N3O2. The molecule has 5 heteroatoms. The molecule has 3 unspecified atom stereocenters. The van der Waals surface area contributed by atoms with Gasteiger partial charge in [-0.3, -0.25) is 4.90 Å². The van der Waals surface area contributed by atoms with Crippen molar-refractivity contribution >= 4 is 6.03 Å². The molecule has 138 valence electrons. The van der Waals surface area contributed by atoms with Crippen molar-refractivity contribution in [3.05, 3.63) is 35.9 Å². The zero-order chi connectivity index (χ0) is 17.6. The van der Waals surface area contributed by atoms with Gasteiger partial charge in [0, 0.05) is 38.6 Å². The maximum Gasteiger partial charge on any atom is 0.317 e. The van der Waals surface area contributed by atoms with Crippen LogP contribution >= 0.6 is 0 Å². The molecule has 3 rings (SSSR count). The van der Waals surface area contributed by atoms with E-state index >= 15 is 0 Å². The Labute approximate surface area is 151 Å². The molecule has 2 saturated heterocycles. The first kappa shape index (κ1) is 18.2. The predicted octanol–water partition coefficient (Wildman–Crippen LogP) is 2.31. The Morgan fingerprint density at radius 3 is 2.76 bits per heavy atom. The molecule has 2 amide bonds. The van der Waals surface area contributed by atoms with Crippen molar-refractivity contribution in [1.82, 2.24) is 15.1 Å². The first-order chi connectivity index (χ1) is 12.1. The lowest BCUT2D eigenvalue weighted by molar-refractivity contribution is 0.128. The topological polar surface area (TPSA) is 55.8 Å². The molecule has 2 heterocycles. The Bertz CT molecular complexity index is 549. The summed E-state index contributed by atoms with van der Waals surface area (Å²) in [7, 11) is 0. The Kier molecular flexibility index (Phi) is 6.32. The Balaban J connectivity index is 1.41. The maximum atomic E-state index is 12.3. The molecule has 0 aliphatic carbocycles. The van der Waals surface area contributed by atoms with Gasteiger partial charge in [-0.15, -0.1) is 0 Å². The van der Waals surface area contributed by atoms with E-state index in [1.807, 2.05) is 11.8 Å². The Morgan fingerprint density at radius 2 is 2.04 bits per heavy atom. The fourth-order valence-electron chi connectivity index (χ4n) is 4.01. The molecule has 0 radical (unpaired) electrons. The fourth-order valence-corrected chi connectivity index (χ4v) is 4.01. The monoisotopic (exact) mass is 345 g/mol. The Hall–Kier alpha value is -1.59. The van der Waals surface area contributed by atoms with Gasteiger partial charge in [-0.25, -0.2) is 4.79 Å². The molecule has 1 aromatic carbocycles. The number of piperidine rings is 1. The minimum absolute atomic E-state index is 0.0309. The number of benzene rings is 1. The van der Waals surface area contributed by atoms with Gasteiger partial charge >= 0.3 is 6.03 Å². The third kappa shape index (κ3) is 5.19. The molecule has 2 aliphatic rings. The van der Waals surface area contributed by atoms with Crippen LogP contribution in [0.15, 0.2) is 30.3 Å². The van der Waals surface area contributed by atoms with Crippen LogP contribution in [0.2, 0.25) is 0 Å². The molecule has 3 atom stereocenters. The highest BCUT2D eigenvalue weighted by Gasteiger charge is 2.29. The summed E-state index contributed by atoms with van der Waals surface area (Å²) in [6.07, 6.45) is 2.95. The SMILES string of the molecule is CC(O)C1CCN(C(=O)NCC2CCCN(Cc3ccccc3)C2)C1. The van der Waals surface area contributed by atoms with Crippen LogP contribution in [0.3, 0.4) is 0 Å². The number of amides is 2. The van der Waals surface area contributed by atoms with E-state index in [0.717, 1.165) is 39.1 Å². The highest BCUT2D eigenvalue weighted by atomic mass is 16.3. The highest BCUT2D eigenvalue weighted by molar-refractivity contribution is 5.74. The van der Waals surface area contributed by atoms with Crippen molar-refractivity contribution in [1.29, 1.82) is 0 Å². The number of urea groups is 1. The van der Waals surface area contributed by atoms with Gasteiger partial charge in [0.25, 0.3) is 0 Å². The van der Waals surface area contributed by atoms with Crippen LogP contribution in [0.5, 0.6) is 0 Å². The zero-order valence-electron chi connectivity index (χ0n) is 15.2. The van der Waals surface area contributed by atoms with Crippen molar-refractivity contribution in [3.63, 3.8) is 0 Å². The second kappa shape index (κ2) is 8.68. The van der Waals surface area contributed by atoms with Gasteiger partial charge in [0.1, 0.15) is 0 Å². The number of likely N-dealkylation sites (tertiary alicyclic amines) is 2. The number of aliphatic hydroxyl groups excluding tert-OH is 1. The summed E-state index contributed by atoms with van der Waals surface area (Å²) in [5, 5.41) is 12.8. The molecular weight excluding hydrogens is 314 g/mol. The number of hydrogen-bond donors (Lipinski definition) is 2. The molecule has 0 bridgehead atoms. The molecule has 2 N–H and O–H groups in total. The van der Waals surface area contributed by atoms with Crippen molar-refractivity contribution in [2.75, 3.05) is 32.7 Å². The molecule has 1 aromatic rings. The van der Waals surface area contributed by atoms with Crippen LogP contribution in [0.4, 0.5) is 4.79 Å². The Morgan fingerprint density at radius 1 is 1.24 bits per heavy atom. The van der Waals surface area contributed by atoms with Crippen LogP contribution in [0.25, 0.3) is 0 Å². The van der Waals surface area contributed by atoms with E-state index in [1.54, 1.807) is 0 Å². The molecule has 0 spiro atoms. The van der Waals surface area contributed by atoms with Crippen LogP contribution in [-0.4, -0.2) is 59.8 Å². The molecule has 2 fully saturated rings. The molecule has 0 saturated carbocycles. The lowest BCUT2D eigenvalue weighted by Crippen LogP contribution is -2.44. The average Bonchev–Trinajstić information content (AvgIpc) is 3.11. The second-order valence-corrected chi connectivity index (χ2v) is 7.65. The lowest BCUT2D eigenvalue weighted by Gasteiger charge is -2.33. The van der Waals surface area contributed by atoms with Gasteiger partial charge in [-0.1, -0.05) is 30.3 Å². The lowest BCUT2D eigenvalue weighted by atomic mass is 9.97. The summed E-state index contributed by atoms with van der Waals surface area (Å²) in [4.78, 5) is 16.7. The first-order valence-corrected chi connectivity index (χ1v) is 9.59. The minimum atomic E-state index is -0.331. The largest absolute Gasteiger partial charge is 0.393 e. The molecule has 2 aliphatic heterocycles. The van der Waals surface area contributed by atoms with E-state index in [0.29, 0.717) is 12.5 Å². The van der Waals surface area contributed by atoms with E-state index in [4.69, 9.17) is 0 Å². The standard InChI is InChI=1S/C20H31N3O2/c1-16(24)19-9-11-23(15-19)20(25)21-12-18-8-5-10-22(14-18)13-17-6-3-2-4-7-17/h2-4,6-7,16,18-19,24H,5,8-15H2,1H3,(H,21,25). The summed E-state index contributed by atoms with van der Waals surface area (Å²) in [5.74, 6) is 0.748. The van der Waals surface area contributed by atoms with Gasteiger partial charge in [0.2, 0.25) is 0 Å². The van der Waals surface area contributed by atoms with E-state index in [2.05, 4.69) is 40.5 Å². The summed E-state index contributed by atoms with van der Waals surface area (Å²) in [6.45, 7) is 7.18. The van der Waals surface area contributed by atoms with Crippen molar-refractivity contribution < 1.29 is 9.90 Å². The van der Waals surface area contributed by atoms with E-state index in [9.17, 15) is 9.90 Å². The summed E-state index contributed by atoms with van der Waals surface area (Å²) in [6, 6.07) is 10.6. The smallest absolute Gasteiger partial charge is 0.317 e. The number of nitrogens with zero attached hydrogens (tertiary/aromatic N) is 2. The number of rotatable bonds is 5. The summed E-state index contributed by atoms with van der Waals surface area (Å²) >= 11 is 0. The van der Waals surface area contributed by atoms with Crippen LogP contribution in [-0.2, 0) is 6.54 Å². The quantitative estimate of drug-likeness (QED) is 0.861. The van der Waals surface area contributed by atoms with E-state index in [1.165, 1.54) is 18.4 Å². The van der Waals surface area contributed by atoms with Gasteiger partial charge < -0.3 is 15.3 Å². The van der Waals surface area contributed by atoms with Crippen molar-refractivity contribution in [2.45, 2.75) is 38.8 Å². The number of carbonyl (C=O) groups excluding carboxylic acids is 1. The third-order valence-electron chi connectivity index (χ3n) is 5.59. The van der Waals surface area contributed by atoms with E-state index in [-0.39, 0.29) is 18.1 Å². The van der Waals surface area contributed by atoms with Gasteiger partial charge in [0.15, 0.2) is 0 Å². The summed E-state index contributed by atoms with van der Waals surface area (Å²) in [5.41, 5.74) is 1.36. The van der Waals surface area contributed by atoms with E-state index < -0.39 is 0 Å². The average molecular weight is 345 g/mol. The normalized spacial score (nSPS) is 25.8. The second-order valence-electron chi connectivity index (χ2n) is 7.65. The highest BCUT2D eigenvalue weighted by Crippen LogP contribution is 2.21. The number of hydrogen-bond acceptors (Lipinski definition) is 3. The molecule has 0 aromatic heterocycles. The first-order valence-electron chi connectivity index (χ1n) is 9.59. The minimum Gasteiger partial charge on any atom is -0.393 e. The molecule has 5 nitrogen and oxygen atoms in total.